The van der Waals surface area contributed by atoms with Gasteiger partial charge in [0.25, 0.3) is 0 Å². The van der Waals surface area contributed by atoms with Crippen molar-refractivity contribution in [3.63, 3.8) is 0 Å². The largest absolute Gasteiger partial charge is 0.390 e. The Morgan fingerprint density at radius 2 is 2.00 bits per heavy atom. The van der Waals surface area contributed by atoms with Crippen molar-refractivity contribution in [2.24, 2.45) is 0 Å². The maximum atomic E-state index is 9.89. The second-order valence-corrected chi connectivity index (χ2v) is 4.53. The number of benzene rings is 1. The lowest BCUT2D eigenvalue weighted by Gasteiger charge is -2.12. The minimum Gasteiger partial charge on any atom is -0.390 e. The van der Waals surface area contributed by atoms with Crippen LogP contribution in [0.3, 0.4) is 0 Å². The molecule has 0 saturated heterocycles. The van der Waals surface area contributed by atoms with Gasteiger partial charge in [0.1, 0.15) is 0 Å². The molecule has 1 saturated carbocycles. The van der Waals surface area contributed by atoms with Gasteiger partial charge in [-0.1, -0.05) is 30.7 Å². The van der Waals surface area contributed by atoms with E-state index in [0.29, 0.717) is 0 Å². The number of aryl methyl sites for hydroxylation is 2. The van der Waals surface area contributed by atoms with Gasteiger partial charge in [-0.3, -0.25) is 0 Å². The molecule has 0 amide bonds. The lowest BCUT2D eigenvalue weighted by Crippen LogP contribution is -2.12. The van der Waals surface area contributed by atoms with Crippen molar-refractivity contribution in [2.45, 2.75) is 45.1 Å². The van der Waals surface area contributed by atoms with Crippen molar-refractivity contribution in [3.05, 3.63) is 34.9 Å². The molecule has 0 aromatic heterocycles. The summed E-state index contributed by atoms with van der Waals surface area (Å²) in [6.07, 6.45) is 3.86. The minimum atomic E-state index is -0.363. The zero-order valence-electron chi connectivity index (χ0n) is 9.01. The van der Waals surface area contributed by atoms with Crippen LogP contribution in [0.25, 0.3) is 0 Å². The molecule has 1 nitrogen and oxygen atoms in total. The fourth-order valence-electron chi connectivity index (χ4n) is 1.94. The van der Waals surface area contributed by atoms with Crippen LogP contribution in [0.4, 0.5) is 0 Å². The Morgan fingerprint density at radius 1 is 1.29 bits per heavy atom. The molecule has 1 aromatic carbocycles. The standard InChI is InChI=1S/C13H18O/c1-3-11-5-4-10(2)8-12(11)9-13(14)6-7-13/h4-5,8,14H,3,6-7,9H2,1-2H3. The highest BCUT2D eigenvalue weighted by molar-refractivity contribution is 5.33. The molecule has 1 aliphatic carbocycles. The average Bonchev–Trinajstić information content (AvgIpc) is 2.84. The van der Waals surface area contributed by atoms with Gasteiger partial charge in [0.15, 0.2) is 0 Å². The highest BCUT2D eigenvalue weighted by atomic mass is 16.3. The Labute approximate surface area is 85.8 Å². The molecule has 1 heteroatoms. The molecule has 1 fully saturated rings. The summed E-state index contributed by atoms with van der Waals surface area (Å²) in [5, 5.41) is 9.89. The van der Waals surface area contributed by atoms with Crippen LogP contribution in [0.5, 0.6) is 0 Å². The quantitative estimate of drug-likeness (QED) is 0.776. The van der Waals surface area contributed by atoms with Crippen LogP contribution in [0.15, 0.2) is 18.2 Å². The predicted octanol–water partition coefficient (Wildman–Crippen LogP) is 2.62. The summed E-state index contributed by atoms with van der Waals surface area (Å²) in [4.78, 5) is 0. The Balaban J connectivity index is 2.25. The smallest absolute Gasteiger partial charge is 0.0690 e. The van der Waals surface area contributed by atoms with E-state index in [1.165, 1.54) is 16.7 Å². The molecule has 14 heavy (non-hydrogen) atoms. The third-order valence-corrected chi connectivity index (χ3v) is 3.09. The summed E-state index contributed by atoms with van der Waals surface area (Å²) >= 11 is 0. The molecule has 0 unspecified atom stereocenters. The van der Waals surface area contributed by atoms with Gasteiger partial charge in [-0.05, 0) is 37.3 Å². The van der Waals surface area contributed by atoms with Crippen molar-refractivity contribution in [2.75, 3.05) is 0 Å². The second kappa shape index (κ2) is 3.39. The third-order valence-electron chi connectivity index (χ3n) is 3.09. The summed E-state index contributed by atoms with van der Waals surface area (Å²) in [7, 11) is 0. The van der Waals surface area contributed by atoms with Gasteiger partial charge < -0.3 is 5.11 Å². The van der Waals surface area contributed by atoms with Crippen LogP contribution < -0.4 is 0 Å². The van der Waals surface area contributed by atoms with Crippen molar-refractivity contribution in [1.82, 2.24) is 0 Å². The molecule has 2 rings (SSSR count). The molecule has 0 atom stereocenters. The molecule has 1 aliphatic rings. The molecule has 0 spiro atoms. The SMILES string of the molecule is CCc1ccc(C)cc1CC1(O)CC1. The molecular formula is C13H18O. The van der Waals surface area contributed by atoms with Crippen LogP contribution in [0.2, 0.25) is 0 Å². The monoisotopic (exact) mass is 190 g/mol. The average molecular weight is 190 g/mol. The van der Waals surface area contributed by atoms with E-state index in [-0.39, 0.29) is 5.60 Å². The van der Waals surface area contributed by atoms with Gasteiger partial charge in [0, 0.05) is 6.42 Å². The number of rotatable bonds is 3. The van der Waals surface area contributed by atoms with E-state index in [1.54, 1.807) is 0 Å². The van der Waals surface area contributed by atoms with Gasteiger partial charge in [-0.15, -0.1) is 0 Å². The summed E-state index contributed by atoms with van der Waals surface area (Å²) in [5.41, 5.74) is 3.66. The van der Waals surface area contributed by atoms with Gasteiger partial charge in [0.2, 0.25) is 0 Å². The Morgan fingerprint density at radius 3 is 2.57 bits per heavy atom. The first kappa shape index (κ1) is 9.72. The fourth-order valence-corrected chi connectivity index (χ4v) is 1.94. The van der Waals surface area contributed by atoms with Crippen LogP contribution in [0.1, 0.15) is 36.5 Å². The highest BCUT2D eigenvalue weighted by Gasteiger charge is 2.40. The lowest BCUT2D eigenvalue weighted by atomic mass is 9.97. The van der Waals surface area contributed by atoms with Gasteiger partial charge in [0.05, 0.1) is 5.60 Å². The van der Waals surface area contributed by atoms with Crippen molar-refractivity contribution in [3.8, 4) is 0 Å². The maximum Gasteiger partial charge on any atom is 0.0690 e. The van der Waals surface area contributed by atoms with E-state index >= 15 is 0 Å². The minimum absolute atomic E-state index is 0.363. The van der Waals surface area contributed by atoms with E-state index in [9.17, 15) is 5.11 Å². The van der Waals surface area contributed by atoms with E-state index in [4.69, 9.17) is 0 Å². The molecule has 1 N–H and O–H groups in total. The third kappa shape index (κ3) is 1.98. The predicted molar refractivity (Wildman–Crippen MR) is 58.4 cm³/mol. The number of aliphatic hydroxyl groups is 1. The van der Waals surface area contributed by atoms with E-state index in [2.05, 4.69) is 32.0 Å². The molecular weight excluding hydrogens is 172 g/mol. The molecule has 0 bridgehead atoms. The number of hydrogen-bond acceptors (Lipinski definition) is 1. The molecule has 1 aromatic rings. The topological polar surface area (TPSA) is 20.2 Å². The second-order valence-electron chi connectivity index (χ2n) is 4.53. The van der Waals surface area contributed by atoms with Crippen molar-refractivity contribution < 1.29 is 5.11 Å². The first-order valence-electron chi connectivity index (χ1n) is 5.44. The fraction of sp³-hybridized carbons (Fsp3) is 0.538. The van der Waals surface area contributed by atoms with Gasteiger partial charge in [-0.25, -0.2) is 0 Å². The zero-order chi connectivity index (χ0) is 10.2. The molecule has 0 aliphatic heterocycles. The Bertz CT molecular complexity index is 337. The summed E-state index contributed by atoms with van der Waals surface area (Å²) in [6, 6.07) is 6.56. The van der Waals surface area contributed by atoms with Crippen molar-refractivity contribution in [1.29, 1.82) is 0 Å². The van der Waals surface area contributed by atoms with Gasteiger partial charge >= 0.3 is 0 Å². The maximum absolute atomic E-state index is 9.89. The summed E-state index contributed by atoms with van der Waals surface area (Å²) in [6.45, 7) is 4.28. The van der Waals surface area contributed by atoms with Crippen LogP contribution in [-0.2, 0) is 12.8 Å². The van der Waals surface area contributed by atoms with Crippen LogP contribution in [-0.4, -0.2) is 10.7 Å². The number of hydrogen-bond donors (Lipinski definition) is 1. The first-order chi connectivity index (χ1) is 6.63. The molecule has 0 heterocycles. The normalized spacial score (nSPS) is 18.2. The zero-order valence-corrected chi connectivity index (χ0v) is 9.01. The Kier molecular flexibility index (Phi) is 2.36. The highest BCUT2D eigenvalue weighted by Crippen LogP contribution is 2.39. The Hall–Kier alpha value is -0.820. The van der Waals surface area contributed by atoms with E-state index in [1.807, 2.05) is 0 Å². The van der Waals surface area contributed by atoms with Gasteiger partial charge in [-0.2, -0.15) is 0 Å². The van der Waals surface area contributed by atoms with Crippen LogP contribution in [0, 0.1) is 6.92 Å². The van der Waals surface area contributed by atoms with Crippen molar-refractivity contribution >= 4 is 0 Å². The van der Waals surface area contributed by atoms with E-state index < -0.39 is 0 Å². The first-order valence-corrected chi connectivity index (χ1v) is 5.44. The summed E-state index contributed by atoms with van der Waals surface area (Å²) in [5.74, 6) is 0. The van der Waals surface area contributed by atoms with Crippen LogP contribution >= 0.6 is 0 Å². The van der Waals surface area contributed by atoms with E-state index in [0.717, 1.165) is 25.7 Å². The lowest BCUT2D eigenvalue weighted by molar-refractivity contribution is 0.150. The summed E-state index contributed by atoms with van der Waals surface area (Å²) < 4.78 is 0. The molecule has 76 valence electrons. The molecule has 0 radical (unpaired) electrons.